The number of anilines is 3. The SMILES string of the molecule is COc1c(F)cccc1Nc1c2[nH]c3c1C(=O)NCC3C/C=C(/C)CNc1cnccc1-2. The van der Waals surface area contributed by atoms with Crippen LogP contribution in [0.15, 0.2) is 48.3 Å². The highest BCUT2D eigenvalue weighted by Crippen LogP contribution is 2.44. The number of H-pyrrole nitrogens is 1. The Balaban J connectivity index is 1.75. The number of methoxy groups -OCH3 is 1. The van der Waals surface area contributed by atoms with Crippen LogP contribution in [0, 0.1) is 5.82 Å². The smallest absolute Gasteiger partial charge is 0.255 e. The Hall–Kier alpha value is -3.81. The number of halogens is 1. The molecule has 4 N–H and O–H groups in total. The summed E-state index contributed by atoms with van der Waals surface area (Å²) in [6.45, 7) is 3.33. The second-order valence-corrected chi connectivity index (χ2v) is 8.08. The zero-order valence-corrected chi connectivity index (χ0v) is 17.9. The minimum atomic E-state index is -0.480. The molecule has 1 amide bonds. The van der Waals surface area contributed by atoms with Gasteiger partial charge in [-0.05, 0) is 31.5 Å². The summed E-state index contributed by atoms with van der Waals surface area (Å²) in [5.41, 5.74) is 6.10. The van der Waals surface area contributed by atoms with E-state index in [1.54, 1.807) is 24.5 Å². The number of aromatic nitrogens is 2. The number of para-hydroxylation sites is 1. The van der Waals surface area contributed by atoms with E-state index in [-0.39, 0.29) is 17.6 Å². The third-order valence-electron chi connectivity index (χ3n) is 6.00. The van der Waals surface area contributed by atoms with E-state index in [9.17, 15) is 9.18 Å². The van der Waals surface area contributed by atoms with Crippen molar-refractivity contribution in [1.29, 1.82) is 0 Å². The van der Waals surface area contributed by atoms with E-state index >= 15 is 0 Å². The summed E-state index contributed by atoms with van der Waals surface area (Å²) in [5.74, 6) is -0.455. The van der Waals surface area contributed by atoms with Crippen LogP contribution in [-0.4, -0.2) is 36.1 Å². The number of amides is 1. The summed E-state index contributed by atoms with van der Waals surface area (Å²) in [6.07, 6.45) is 6.47. The van der Waals surface area contributed by atoms with Crippen molar-refractivity contribution in [3.05, 3.63) is 65.4 Å². The molecule has 0 saturated carbocycles. The molecule has 2 aromatic heterocycles. The summed E-state index contributed by atoms with van der Waals surface area (Å²) in [6, 6.07) is 6.57. The number of allylic oxidation sites excluding steroid dienone is 1. The Morgan fingerprint density at radius 3 is 2.97 bits per heavy atom. The highest BCUT2D eigenvalue weighted by Gasteiger charge is 2.33. The zero-order valence-electron chi connectivity index (χ0n) is 17.9. The van der Waals surface area contributed by atoms with E-state index in [0.717, 1.165) is 29.1 Å². The number of carbonyl (C=O) groups excluding carboxylic acids is 1. The van der Waals surface area contributed by atoms with Crippen LogP contribution in [0.5, 0.6) is 5.75 Å². The average molecular weight is 433 g/mol. The molecule has 2 bridgehead atoms. The van der Waals surface area contributed by atoms with Gasteiger partial charge in [-0.15, -0.1) is 0 Å². The molecule has 2 aliphatic rings. The predicted molar refractivity (Wildman–Crippen MR) is 122 cm³/mol. The molecular formula is C24H24FN5O2. The number of nitrogens with one attached hydrogen (secondary N) is 4. The van der Waals surface area contributed by atoms with Crippen molar-refractivity contribution in [3.8, 4) is 17.0 Å². The molecule has 4 heterocycles. The van der Waals surface area contributed by atoms with E-state index in [1.807, 2.05) is 6.07 Å². The molecule has 0 saturated heterocycles. The number of pyridine rings is 1. The quantitative estimate of drug-likeness (QED) is 0.455. The number of benzene rings is 1. The molecule has 0 radical (unpaired) electrons. The molecule has 3 aromatic rings. The molecule has 32 heavy (non-hydrogen) atoms. The van der Waals surface area contributed by atoms with E-state index in [1.165, 1.54) is 18.7 Å². The van der Waals surface area contributed by atoms with Crippen LogP contribution in [0.2, 0.25) is 0 Å². The Bertz CT molecular complexity index is 1230. The van der Waals surface area contributed by atoms with Gasteiger partial charge in [0, 0.05) is 36.5 Å². The summed E-state index contributed by atoms with van der Waals surface area (Å²) in [4.78, 5) is 20.8. The lowest BCUT2D eigenvalue weighted by Crippen LogP contribution is -2.35. The second-order valence-electron chi connectivity index (χ2n) is 8.08. The average Bonchev–Trinajstić information content (AvgIpc) is 3.16. The minimum Gasteiger partial charge on any atom is -0.492 e. The van der Waals surface area contributed by atoms with Gasteiger partial charge in [0.05, 0.1) is 41.6 Å². The number of carbonyl (C=O) groups is 1. The first-order chi connectivity index (χ1) is 15.6. The molecule has 1 unspecified atom stereocenters. The van der Waals surface area contributed by atoms with Crippen molar-refractivity contribution in [2.45, 2.75) is 19.3 Å². The standard InChI is InChI=1S/C24H24FN5O2/c1-13-6-7-14-11-28-24(31)19-20(14)30-21(15-8-9-26-12-18(15)27-10-13)22(19)29-17-5-3-4-16(25)23(17)32-2/h3-6,8-9,12,14,27,29-30H,7,10-11H2,1-2H3,(H,28,31)/b13-6-. The summed E-state index contributed by atoms with van der Waals surface area (Å²) in [5, 5.41) is 9.75. The zero-order chi connectivity index (χ0) is 22.2. The fraction of sp³-hybridized carbons (Fsp3) is 0.250. The molecule has 8 heteroatoms. The number of ether oxygens (including phenoxy) is 1. The Morgan fingerprint density at radius 1 is 1.25 bits per heavy atom. The molecule has 0 fully saturated rings. The van der Waals surface area contributed by atoms with Crippen LogP contribution >= 0.6 is 0 Å². The van der Waals surface area contributed by atoms with Gasteiger partial charge in [-0.2, -0.15) is 0 Å². The predicted octanol–water partition coefficient (Wildman–Crippen LogP) is 4.56. The van der Waals surface area contributed by atoms with Crippen LogP contribution in [0.1, 0.15) is 35.3 Å². The first kappa shape index (κ1) is 20.1. The number of hydrogen-bond acceptors (Lipinski definition) is 5. The summed E-state index contributed by atoms with van der Waals surface area (Å²) < 4.78 is 19.7. The summed E-state index contributed by atoms with van der Waals surface area (Å²) >= 11 is 0. The largest absolute Gasteiger partial charge is 0.492 e. The fourth-order valence-corrected chi connectivity index (χ4v) is 4.35. The topological polar surface area (TPSA) is 91.1 Å². The van der Waals surface area contributed by atoms with Gasteiger partial charge in [-0.1, -0.05) is 17.7 Å². The van der Waals surface area contributed by atoms with Gasteiger partial charge in [-0.3, -0.25) is 9.78 Å². The number of fused-ring (bicyclic) bond motifs is 3. The maximum absolute atomic E-state index is 14.4. The van der Waals surface area contributed by atoms with Crippen LogP contribution in [0.4, 0.5) is 21.5 Å². The Kier molecular flexibility index (Phi) is 5.05. The lowest BCUT2D eigenvalue weighted by Gasteiger charge is -2.23. The van der Waals surface area contributed by atoms with Crippen molar-refractivity contribution < 1.29 is 13.9 Å². The molecule has 5 rings (SSSR count). The monoisotopic (exact) mass is 433 g/mol. The lowest BCUT2D eigenvalue weighted by atomic mass is 9.92. The van der Waals surface area contributed by atoms with Crippen molar-refractivity contribution in [2.75, 3.05) is 30.8 Å². The van der Waals surface area contributed by atoms with Gasteiger partial charge in [-0.25, -0.2) is 4.39 Å². The molecule has 7 nitrogen and oxygen atoms in total. The first-order valence-electron chi connectivity index (χ1n) is 10.5. The van der Waals surface area contributed by atoms with Crippen LogP contribution in [-0.2, 0) is 0 Å². The third-order valence-corrected chi connectivity index (χ3v) is 6.00. The van der Waals surface area contributed by atoms with Crippen molar-refractivity contribution in [3.63, 3.8) is 0 Å². The van der Waals surface area contributed by atoms with E-state index < -0.39 is 5.82 Å². The normalized spacial score (nSPS) is 18.9. The van der Waals surface area contributed by atoms with Crippen LogP contribution < -0.4 is 20.7 Å². The highest BCUT2D eigenvalue weighted by molar-refractivity contribution is 6.07. The van der Waals surface area contributed by atoms with Gasteiger partial charge >= 0.3 is 0 Å². The maximum Gasteiger partial charge on any atom is 0.255 e. The summed E-state index contributed by atoms with van der Waals surface area (Å²) in [7, 11) is 1.42. The van der Waals surface area contributed by atoms with Gasteiger partial charge in [0.2, 0.25) is 0 Å². The van der Waals surface area contributed by atoms with Gasteiger partial charge < -0.3 is 25.7 Å². The first-order valence-corrected chi connectivity index (χ1v) is 10.5. The highest BCUT2D eigenvalue weighted by atomic mass is 19.1. The van der Waals surface area contributed by atoms with Crippen LogP contribution in [0.25, 0.3) is 11.3 Å². The van der Waals surface area contributed by atoms with Gasteiger partial charge in [0.25, 0.3) is 5.91 Å². The molecule has 1 atom stereocenters. The number of hydrogen-bond donors (Lipinski definition) is 4. The van der Waals surface area contributed by atoms with Crippen molar-refractivity contribution in [1.82, 2.24) is 15.3 Å². The third kappa shape index (κ3) is 3.37. The number of aromatic amines is 1. The van der Waals surface area contributed by atoms with Crippen LogP contribution in [0.3, 0.4) is 0 Å². The second kappa shape index (κ2) is 8.03. The van der Waals surface area contributed by atoms with E-state index in [4.69, 9.17) is 4.74 Å². The van der Waals surface area contributed by atoms with Crippen molar-refractivity contribution >= 4 is 23.0 Å². The molecule has 1 aromatic carbocycles. The van der Waals surface area contributed by atoms with Gasteiger partial charge in [0.15, 0.2) is 11.6 Å². The van der Waals surface area contributed by atoms with Crippen molar-refractivity contribution in [2.24, 2.45) is 0 Å². The molecule has 164 valence electrons. The van der Waals surface area contributed by atoms with E-state index in [0.29, 0.717) is 30.0 Å². The fourth-order valence-electron chi connectivity index (χ4n) is 4.35. The maximum atomic E-state index is 14.4. The number of nitrogens with zero attached hydrogens (tertiary/aromatic N) is 1. The number of rotatable bonds is 3. The Morgan fingerprint density at radius 2 is 2.12 bits per heavy atom. The molecule has 0 aliphatic carbocycles. The molecular weight excluding hydrogens is 409 g/mol. The lowest BCUT2D eigenvalue weighted by molar-refractivity contribution is 0.0941. The van der Waals surface area contributed by atoms with E-state index in [2.05, 4.69) is 38.9 Å². The molecule has 0 spiro atoms. The van der Waals surface area contributed by atoms with Gasteiger partial charge in [0.1, 0.15) is 0 Å². The minimum absolute atomic E-state index is 0.0916. The Labute approximate surface area is 185 Å². The molecule has 2 aliphatic heterocycles.